The number of aliphatic hydroxyl groups is 1. The lowest BCUT2D eigenvalue weighted by Gasteiger charge is -2.34. The summed E-state index contributed by atoms with van der Waals surface area (Å²) in [6.07, 6.45) is 3.60. The highest BCUT2D eigenvalue weighted by atomic mass is 35.5. The Hall–Kier alpha value is -3.75. The molecule has 184 valence electrons. The highest BCUT2D eigenvalue weighted by molar-refractivity contribution is 6.33. The summed E-state index contributed by atoms with van der Waals surface area (Å²) in [5, 5.41) is 13.4. The van der Waals surface area contributed by atoms with Gasteiger partial charge in [-0.15, -0.1) is 0 Å². The van der Waals surface area contributed by atoms with E-state index in [1.54, 1.807) is 11.1 Å². The zero-order valence-electron chi connectivity index (χ0n) is 19.9. The van der Waals surface area contributed by atoms with E-state index < -0.39 is 11.9 Å². The number of anilines is 2. The Kier molecular flexibility index (Phi) is 6.47. The monoisotopic (exact) mass is 505 g/mol. The number of benzene rings is 2. The molecule has 0 aliphatic carbocycles. The van der Waals surface area contributed by atoms with E-state index in [2.05, 4.69) is 15.3 Å². The second-order valence-corrected chi connectivity index (χ2v) is 9.30. The van der Waals surface area contributed by atoms with Crippen molar-refractivity contribution in [2.75, 3.05) is 18.5 Å². The Morgan fingerprint density at radius 3 is 2.64 bits per heavy atom. The van der Waals surface area contributed by atoms with Gasteiger partial charge in [0.15, 0.2) is 0 Å². The Morgan fingerprint density at radius 2 is 1.92 bits per heavy atom. The number of aryl methyl sites for hydroxylation is 2. The van der Waals surface area contributed by atoms with E-state index in [1.807, 2.05) is 54.9 Å². The van der Waals surface area contributed by atoms with Gasteiger partial charge in [0.2, 0.25) is 5.95 Å². The summed E-state index contributed by atoms with van der Waals surface area (Å²) in [6.45, 7) is 4.83. The number of hydrogen-bond acceptors (Lipinski definition) is 5. The molecule has 7 nitrogen and oxygen atoms in total. The van der Waals surface area contributed by atoms with Crippen LogP contribution in [0.1, 0.15) is 33.2 Å². The smallest absolute Gasteiger partial charge is 0.271 e. The molecule has 1 amide bonds. The highest BCUT2D eigenvalue weighted by Gasteiger charge is 2.31. The van der Waals surface area contributed by atoms with E-state index >= 15 is 0 Å². The summed E-state index contributed by atoms with van der Waals surface area (Å²) in [6, 6.07) is 13.3. The second-order valence-electron chi connectivity index (χ2n) is 8.89. The zero-order chi connectivity index (χ0) is 25.4. The van der Waals surface area contributed by atoms with E-state index in [0.29, 0.717) is 36.1 Å². The van der Waals surface area contributed by atoms with Crippen LogP contribution >= 0.6 is 11.6 Å². The van der Waals surface area contributed by atoms with Gasteiger partial charge in [-0.05, 0) is 49.2 Å². The van der Waals surface area contributed by atoms with Gasteiger partial charge in [-0.25, -0.2) is 14.4 Å². The van der Waals surface area contributed by atoms with Crippen molar-refractivity contribution in [3.05, 3.63) is 94.1 Å². The zero-order valence-corrected chi connectivity index (χ0v) is 20.6. The predicted molar refractivity (Wildman–Crippen MR) is 137 cm³/mol. The van der Waals surface area contributed by atoms with E-state index in [1.165, 1.54) is 18.2 Å². The summed E-state index contributed by atoms with van der Waals surface area (Å²) in [4.78, 5) is 24.2. The Labute approximate surface area is 213 Å². The number of hydrogen-bond donors (Lipinski definition) is 2. The minimum Gasteiger partial charge on any atom is -0.394 e. The largest absolute Gasteiger partial charge is 0.394 e. The lowest BCUT2D eigenvalue weighted by molar-refractivity contribution is 0.0526. The standard InChI is InChI=1S/C27H25ClFN5O2/c1-16-3-5-18(6-4-16)24(15-35)34-10-9-33-14-19(11-23(33)26(34)36)25-17(2)13-30-27(32-25)31-22-8-7-20(29)12-21(22)28/h3-8,11-14,24,35H,9-10,15H2,1-2H3,(H,30,31,32)/t24-/m1/s1. The first-order chi connectivity index (χ1) is 17.3. The minimum atomic E-state index is -0.431. The van der Waals surface area contributed by atoms with Crippen LogP contribution in [-0.4, -0.2) is 43.6 Å². The molecule has 2 N–H and O–H groups in total. The van der Waals surface area contributed by atoms with Gasteiger partial charge in [0, 0.05) is 31.0 Å². The number of rotatable bonds is 6. The van der Waals surface area contributed by atoms with Gasteiger partial charge in [0.05, 0.1) is 29.1 Å². The number of fused-ring (bicyclic) bond motifs is 1. The number of aromatic nitrogens is 3. The summed E-state index contributed by atoms with van der Waals surface area (Å²) in [7, 11) is 0. The summed E-state index contributed by atoms with van der Waals surface area (Å²) in [5.74, 6) is -0.267. The first-order valence-electron chi connectivity index (χ1n) is 11.6. The molecule has 0 fully saturated rings. The number of halogens is 2. The number of nitrogens with zero attached hydrogens (tertiary/aromatic N) is 4. The van der Waals surface area contributed by atoms with Crippen molar-refractivity contribution in [1.82, 2.24) is 19.4 Å². The topological polar surface area (TPSA) is 83.3 Å². The first kappa shape index (κ1) is 24.0. The average Bonchev–Trinajstić information content (AvgIpc) is 3.30. The molecule has 3 heterocycles. The number of carbonyl (C=O) groups is 1. The Morgan fingerprint density at radius 1 is 1.14 bits per heavy atom. The van der Waals surface area contributed by atoms with Crippen LogP contribution in [0.5, 0.6) is 0 Å². The van der Waals surface area contributed by atoms with Crippen LogP contribution in [0.2, 0.25) is 5.02 Å². The molecule has 1 aliphatic rings. The maximum atomic E-state index is 13.5. The van der Waals surface area contributed by atoms with Gasteiger partial charge in [0.1, 0.15) is 11.5 Å². The SMILES string of the molecule is Cc1ccc([C@@H](CO)N2CCn3cc(-c4nc(Nc5ccc(F)cc5Cl)ncc4C)cc3C2=O)cc1. The van der Waals surface area contributed by atoms with Crippen molar-refractivity contribution in [2.45, 2.75) is 26.4 Å². The molecule has 0 saturated heterocycles. The van der Waals surface area contributed by atoms with Gasteiger partial charge in [0.25, 0.3) is 5.91 Å². The molecule has 0 radical (unpaired) electrons. The van der Waals surface area contributed by atoms with Crippen LogP contribution in [0.25, 0.3) is 11.3 Å². The van der Waals surface area contributed by atoms with Gasteiger partial charge in [-0.1, -0.05) is 41.4 Å². The van der Waals surface area contributed by atoms with Crippen LogP contribution < -0.4 is 5.32 Å². The molecule has 2 aromatic heterocycles. The molecule has 1 aliphatic heterocycles. The fraction of sp³-hybridized carbons (Fsp3) is 0.222. The van der Waals surface area contributed by atoms with E-state index in [4.69, 9.17) is 11.6 Å². The van der Waals surface area contributed by atoms with Gasteiger partial charge >= 0.3 is 0 Å². The third kappa shape index (κ3) is 4.57. The molecular formula is C27H25ClFN5O2. The molecule has 36 heavy (non-hydrogen) atoms. The summed E-state index contributed by atoms with van der Waals surface area (Å²) < 4.78 is 15.3. The number of carbonyl (C=O) groups excluding carboxylic acids is 1. The maximum Gasteiger partial charge on any atom is 0.271 e. The van der Waals surface area contributed by atoms with Crippen LogP contribution in [0, 0.1) is 19.7 Å². The fourth-order valence-electron chi connectivity index (χ4n) is 4.44. The van der Waals surface area contributed by atoms with Crippen LogP contribution in [0.15, 0.2) is 60.9 Å². The van der Waals surface area contributed by atoms with Crippen LogP contribution in [0.4, 0.5) is 16.0 Å². The van der Waals surface area contributed by atoms with E-state index in [9.17, 15) is 14.3 Å². The van der Waals surface area contributed by atoms with Crippen LogP contribution in [0.3, 0.4) is 0 Å². The third-order valence-electron chi connectivity index (χ3n) is 6.39. The lowest BCUT2D eigenvalue weighted by atomic mass is 10.0. The minimum absolute atomic E-state index is 0.143. The average molecular weight is 506 g/mol. The van der Waals surface area contributed by atoms with Crippen molar-refractivity contribution in [3.8, 4) is 11.3 Å². The highest BCUT2D eigenvalue weighted by Crippen LogP contribution is 2.31. The Balaban J connectivity index is 1.43. The van der Waals surface area contributed by atoms with Gasteiger partial charge in [-0.2, -0.15) is 0 Å². The molecule has 1 atom stereocenters. The predicted octanol–water partition coefficient (Wildman–Crippen LogP) is 5.29. The van der Waals surface area contributed by atoms with E-state index in [0.717, 1.165) is 22.3 Å². The maximum absolute atomic E-state index is 13.5. The molecule has 4 aromatic rings. The number of amides is 1. The number of aliphatic hydroxyl groups excluding tert-OH is 1. The molecule has 0 saturated carbocycles. The third-order valence-corrected chi connectivity index (χ3v) is 6.71. The van der Waals surface area contributed by atoms with Crippen molar-refractivity contribution >= 4 is 29.1 Å². The summed E-state index contributed by atoms with van der Waals surface area (Å²) in [5.41, 5.74) is 5.34. The molecule has 2 aromatic carbocycles. The molecule has 0 unspecified atom stereocenters. The molecule has 5 rings (SSSR count). The Bertz CT molecular complexity index is 1440. The summed E-state index contributed by atoms with van der Waals surface area (Å²) >= 11 is 6.13. The van der Waals surface area contributed by atoms with Crippen molar-refractivity contribution < 1.29 is 14.3 Å². The molecule has 9 heteroatoms. The van der Waals surface area contributed by atoms with Crippen LogP contribution in [-0.2, 0) is 6.54 Å². The van der Waals surface area contributed by atoms with Gasteiger partial charge < -0.3 is 19.9 Å². The van der Waals surface area contributed by atoms with Crippen molar-refractivity contribution in [2.24, 2.45) is 0 Å². The van der Waals surface area contributed by atoms with Gasteiger partial charge in [-0.3, -0.25) is 4.79 Å². The van der Waals surface area contributed by atoms with Crippen molar-refractivity contribution in [3.63, 3.8) is 0 Å². The lowest BCUT2D eigenvalue weighted by Crippen LogP contribution is -2.43. The second kappa shape index (κ2) is 9.72. The normalized spacial score (nSPS) is 14.0. The fourth-order valence-corrected chi connectivity index (χ4v) is 4.66. The quantitative estimate of drug-likeness (QED) is 0.372. The van der Waals surface area contributed by atoms with E-state index in [-0.39, 0.29) is 17.5 Å². The molecule has 0 bridgehead atoms. The molecular weight excluding hydrogens is 481 g/mol. The number of nitrogens with one attached hydrogen (secondary N) is 1. The first-order valence-corrected chi connectivity index (χ1v) is 12.0. The van der Waals surface area contributed by atoms with Crippen molar-refractivity contribution in [1.29, 1.82) is 0 Å². The molecule has 0 spiro atoms.